The van der Waals surface area contributed by atoms with Gasteiger partial charge < -0.3 is 15.4 Å². The highest BCUT2D eigenvalue weighted by atomic mass is 32.1. The van der Waals surface area contributed by atoms with Gasteiger partial charge in [0, 0.05) is 31.1 Å². The summed E-state index contributed by atoms with van der Waals surface area (Å²) < 4.78 is 5.80. The smallest absolute Gasteiger partial charge is 0.185 e. The number of aromatic nitrogens is 1. The van der Waals surface area contributed by atoms with E-state index in [9.17, 15) is 0 Å². The molecule has 1 aromatic heterocycles. The van der Waals surface area contributed by atoms with Gasteiger partial charge in [0.15, 0.2) is 5.13 Å². The molecule has 0 aromatic carbocycles. The second-order valence-corrected chi connectivity index (χ2v) is 6.68. The van der Waals surface area contributed by atoms with Crippen LogP contribution in [0.3, 0.4) is 0 Å². The minimum absolute atomic E-state index is 0.203. The summed E-state index contributed by atoms with van der Waals surface area (Å²) in [4.78, 5) is 8.32. The fraction of sp³-hybridized carbons (Fsp3) is 0.786. The van der Waals surface area contributed by atoms with Crippen molar-refractivity contribution in [1.29, 1.82) is 0 Å². The molecule has 19 heavy (non-hydrogen) atoms. The van der Waals surface area contributed by atoms with Crippen molar-refractivity contribution in [1.82, 2.24) is 4.98 Å². The first-order chi connectivity index (χ1) is 9.24. The van der Waals surface area contributed by atoms with Gasteiger partial charge in [-0.25, -0.2) is 4.98 Å². The van der Waals surface area contributed by atoms with E-state index in [4.69, 9.17) is 15.5 Å². The molecule has 1 saturated heterocycles. The van der Waals surface area contributed by atoms with E-state index in [2.05, 4.69) is 11.9 Å². The van der Waals surface area contributed by atoms with Crippen LogP contribution in [0.4, 0.5) is 5.13 Å². The molecule has 0 bridgehead atoms. The molecule has 1 fully saturated rings. The summed E-state index contributed by atoms with van der Waals surface area (Å²) in [6.45, 7) is 1.86. The summed E-state index contributed by atoms with van der Waals surface area (Å²) in [5.74, 6) is 0. The molecule has 106 valence electrons. The molecule has 4 nitrogen and oxygen atoms in total. The molecule has 0 spiro atoms. The van der Waals surface area contributed by atoms with Crippen LogP contribution >= 0.6 is 11.3 Å². The summed E-state index contributed by atoms with van der Waals surface area (Å²) in [5, 5.41) is 1.11. The number of nitrogens with two attached hydrogens (primary N) is 1. The number of nitrogens with zero attached hydrogens (tertiary/aromatic N) is 2. The van der Waals surface area contributed by atoms with Crippen LogP contribution in [0.5, 0.6) is 0 Å². The summed E-state index contributed by atoms with van der Waals surface area (Å²) >= 11 is 1.77. The van der Waals surface area contributed by atoms with Crippen molar-refractivity contribution in [3.8, 4) is 0 Å². The fourth-order valence-electron chi connectivity index (χ4n) is 2.94. The zero-order chi connectivity index (χ0) is 13.2. The Hall–Kier alpha value is -0.650. The van der Waals surface area contributed by atoms with Gasteiger partial charge in [-0.05, 0) is 38.5 Å². The number of hydrogen-bond donors (Lipinski definition) is 1. The van der Waals surface area contributed by atoms with Gasteiger partial charge in [-0.3, -0.25) is 0 Å². The Morgan fingerprint density at radius 1 is 1.37 bits per heavy atom. The van der Waals surface area contributed by atoms with Crippen LogP contribution in [-0.4, -0.2) is 31.3 Å². The predicted molar refractivity (Wildman–Crippen MR) is 78.8 cm³/mol. The minimum atomic E-state index is 0.203. The molecular weight excluding hydrogens is 258 g/mol. The summed E-state index contributed by atoms with van der Waals surface area (Å²) in [7, 11) is 2.12. The van der Waals surface area contributed by atoms with E-state index in [1.165, 1.54) is 36.3 Å². The van der Waals surface area contributed by atoms with Crippen molar-refractivity contribution in [2.24, 2.45) is 5.73 Å². The van der Waals surface area contributed by atoms with Crippen LogP contribution in [0, 0.1) is 0 Å². The third kappa shape index (κ3) is 2.93. The molecular formula is C14H23N3OS. The Bertz CT molecular complexity index is 428. The standard InChI is InChI=1S/C14H23N3OS/c1-17(9-10-5-2-3-8-18-10)14-16-12-7-4-6-11(15)13(12)19-14/h10-11H,2-9,15H2,1H3. The third-order valence-electron chi connectivity index (χ3n) is 4.06. The normalized spacial score (nSPS) is 27.1. The topological polar surface area (TPSA) is 51.4 Å². The molecule has 0 amide bonds. The van der Waals surface area contributed by atoms with Crippen molar-refractivity contribution in [3.63, 3.8) is 0 Å². The quantitative estimate of drug-likeness (QED) is 0.925. The molecule has 2 N–H and O–H groups in total. The second kappa shape index (κ2) is 5.77. The number of aryl methyl sites for hydroxylation is 1. The van der Waals surface area contributed by atoms with Crippen LogP contribution in [0.25, 0.3) is 0 Å². The lowest BCUT2D eigenvalue weighted by Gasteiger charge is -2.27. The van der Waals surface area contributed by atoms with Gasteiger partial charge in [0.05, 0.1) is 11.8 Å². The highest BCUT2D eigenvalue weighted by molar-refractivity contribution is 7.15. The average Bonchev–Trinajstić information content (AvgIpc) is 2.85. The number of hydrogen-bond acceptors (Lipinski definition) is 5. The third-order valence-corrected chi connectivity index (χ3v) is 5.40. The molecule has 2 unspecified atom stereocenters. The zero-order valence-electron chi connectivity index (χ0n) is 11.6. The first kappa shape index (κ1) is 13.3. The van der Waals surface area contributed by atoms with Crippen molar-refractivity contribution in [2.45, 2.75) is 50.7 Å². The molecule has 2 atom stereocenters. The number of ether oxygens (including phenoxy) is 1. The van der Waals surface area contributed by atoms with Crippen molar-refractivity contribution in [2.75, 3.05) is 25.1 Å². The lowest BCUT2D eigenvalue weighted by Crippen LogP contribution is -2.33. The molecule has 1 aliphatic heterocycles. The lowest BCUT2D eigenvalue weighted by atomic mass is 9.99. The summed E-state index contributed by atoms with van der Waals surface area (Å²) in [6, 6.07) is 0.203. The van der Waals surface area contributed by atoms with Gasteiger partial charge in [-0.15, -0.1) is 11.3 Å². The molecule has 5 heteroatoms. The molecule has 2 aliphatic rings. The van der Waals surface area contributed by atoms with Crippen molar-refractivity contribution < 1.29 is 4.74 Å². The molecule has 1 aliphatic carbocycles. The van der Waals surface area contributed by atoms with Gasteiger partial charge in [-0.2, -0.15) is 0 Å². The van der Waals surface area contributed by atoms with Gasteiger partial charge in [0.1, 0.15) is 0 Å². The minimum Gasteiger partial charge on any atom is -0.376 e. The Labute approximate surface area is 119 Å². The summed E-state index contributed by atoms with van der Waals surface area (Å²) in [5.41, 5.74) is 7.40. The van der Waals surface area contributed by atoms with Crippen molar-refractivity contribution >= 4 is 16.5 Å². The largest absolute Gasteiger partial charge is 0.376 e. The predicted octanol–water partition coefficient (Wildman–Crippen LogP) is 2.48. The highest BCUT2D eigenvalue weighted by Gasteiger charge is 2.24. The van der Waals surface area contributed by atoms with Crippen molar-refractivity contribution in [3.05, 3.63) is 10.6 Å². The van der Waals surface area contributed by atoms with E-state index in [0.717, 1.165) is 31.1 Å². The van der Waals surface area contributed by atoms with E-state index < -0.39 is 0 Å². The number of anilines is 1. The van der Waals surface area contributed by atoms with Gasteiger partial charge in [-0.1, -0.05) is 0 Å². The number of fused-ring (bicyclic) bond motifs is 1. The van der Waals surface area contributed by atoms with Gasteiger partial charge >= 0.3 is 0 Å². The Kier molecular flexibility index (Phi) is 4.05. The van der Waals surface area contributed by atoms with E-state index in [-0.39, 0.29) is 6.04 Å². The van der Waals surface area contributed by atoms with E-state index >= 15 is 0 Å². The SMILES string of the molecule is CN(CC1CCCCO1)c1nc2c(s1)C(N)CCC2. The monoisotopic (exact) mass is 281 g/mol. The maximum absolute atomic E-state index is 6.17. The van der Waals surface area contributed by atoms with Gasteiger partial charge in [0.25, 0.3) is 0 Å². The van der Waals surface area contributed by atoms with E-state index in [1.807, 2.05) is 0 Å². The second-order valence-electron chi connectivity index (χ2n) is 5.68. The fourth-order valence-corrected chi connectivity index (χ4v) is 4.06. The van der Waals surface area contributed by atoms with Crippen LogP contribution in [0.2, 0.25) is 0 Å². The average molecular weight is 281 g/mol. The maximum Gasteiger partial charge on any atom is 0.185 e. The highest BCUT2D eigenvalue weighted by Crippen LogP contribution is 2.36. The molecule has 0 radical (unpaired) electrons. The first-order valence-electron chi connectivity index (χ1n) is 7.32. The summed E-state index contributed by atoms with van der Waals surface area (Å²) in [6.07, 6.45) is 7.41. The van der Waals surface area contributed by atoms with Crippen LogP contribution in [-0.2, 0) is 11.2 Å². The zero-order valence-corrected chi connectivity index (χ0v) is 12.4. The lowest BCUT2D eigenvalue weighted by molar-refractivity contribution is 0.0216. The van der Waals surface area contributed by atoms with E-state index in [1.54, 1.807) is 11.3 Å². The number of thiazole rings is 1. The number of likely N-dealkylation sites (N-methyl/N-ethyl adjacent to an activating group) is 1. The Balaban J connectivity index is 1.67. The van der Waals surface area contributed by atoms with Crippen LogP contribution in [0.1, 0.15) is 48.7 Å². The maximum atomic E-state index is 6.17. The van der Waals surface area contributed by atoms with E-state index in [0.29, 0.717) is 6.10 Å². The Morgan fingerprint density at radius 2 is 2.26 bits per heavy atom. The first-order valence-corrected chi connectivity index (χ1v) is 8.13. The van der Waals surface area contributed by atoms with Crippen LogP contribution < -0.4 is 10.6 Å². The molecule has 1 aromatic rings. The Morgan fingerprint density at radius 3 is 3.00 bits per heavy atom. The molecule has 0 saturated carbocycles. The van der Waals surface area contributed by atoms with Crippen LogP contribution in [0.15, 0.2) is 0 Å². The van der Waals surface area contributed by atoms with Gasteiger partial charge in [0.2, 0.25) is 0 Å². The molecule has 2 heterocycles. The number of rotatable bonds is 3. The molecule has 3 rings (SSSR count).